The average molecular weight is 192 g/mol. The summed E-state index contributed by atoms with van der Waals surface area (Å²) < 4.78 is 0. The molecule has 0 heterocycles. The first kappa shape index (κ1) is 10.6. The van der Waals surface area contributed by atoms with Crippen molar-refractivity contribution in [2.45, 2.75) is 26.2 Å². The number of aromatic carboxylic acids is 1. The molecule has 3 nitrogen and oxygen atoms in total. The van der Waals surface area contributed by atoms with Crippen LogP contribution in [0.5, 0.6) is 0 Å². The molecule has 0 amide bonds. The Morgan fingerprint density at radius 1 is 1.50 bits per heavy atom. The van der Waals surface area contributed by atoms with E-state index in [9.17, 15) is 9.90 Å². The van der Waals surface area contributed by atoms with Crippen LogP contribution in [0.4, 0.5) is 5.69 Å². The number of carboxylic acids is 1. The molecule has 0 atom stereocenters. The number of benzene rings is 1. The largest absolute Gasteiger partial charge is 0.545 e. The molecule has 0 saturated heterocycles. The fraction of sp³-hybridized carbons (Fsp3) is 0.364. The maximum absolute atomic E-state index is 10.7. The van der Waals surface area contributed by atoms with E-state index in [1.807, 2.05) is 6.07 Å². The second-order valence-corrected chi connectivity index (χ2v) is 3.27. The molecule has 0 bridgehead atoms. The number of carbonyl (C=O) groups excluding carboxylic acids is 1. The predicted octanol–water partition coefficient (Wildman–Crippen LogP) is 0.975. The van der Waals surface area contributed by atoms with Crippen LogP contribution < -0.4 is 10.8 Å². The van der Waals surface area contributed by atoms with Gasteiger partial charge in [-0.25, -0.2) is 0 Å². The van der Waals surface area contributed by atoms with Crippen molar-refractivity contribution in [3.63, 3.8) is 0 Å². The third kappa shape index (κ3) is 2.25. The van der Waals surface area contributed by atoms with Crippen molar-refractivity contribution in [2.24, 2.45) is 0 Å². The highest BCUT2D eigenvalue weighted by molar-refractivity contribution is 5.92. The third-order valence-electron chi connectivity index (χ3n) is 2.22. The summed E-state index contributed by atoms with van der Waals surface area (Å²) in [6, 6.07) is 5.03. The lowest BCUT2D eigenvalue weighted by molar-refractivity contribution is -0.254. The molecule has 0 fully saturated rings. The molecular formula is C11H14NO2-. The molecule has 3 heteroatoms. The maximum Gasteiger partial charge on any atom is 0.0736 e. The molecule has 0 radical (unpaired) electrons. The van der Waals surface area contributed by atoms with Gasteiger partial charge >= 0.3 is 0 Å². The van der Waals surface area contributed by atoms with Crippen LogP contribution in [0.15, 0.2) is 18.2 Å². The van der Waals surface area contributed by atoms with E-state index in [2.05, 4.69) is 6.92 Å². The lowest BCUT2D eigenvalue weighted by atomic mass is 10.0. The number of anilines is 1. The summed E-state index contributed by atoms with van der Waals surface area (Å²) >= 11 is 0. The molecule has 0 aliphatic carbocycles. The number of nitrogen functional groups attached to an aromatic ring is 1. The van der Waals surface area contributed by atoms with E-state index in [0.29, 0.717) is 5.69 Å². The summed E-state index contributed by atoms with van der Waals surface area (Å²) in [6.07, 6.45) is 2.90. The van der Waals surface area contributed by atoms with E-state index >= 15 is 0 Å². The first-order valence-electron chi connectivity index (χ1n) is 4.75. The molecule has 0 aliphatic heterocycles. The Hall–Kier alpha value is -1.51. The maximum atomic E-state index is 10.7. The average Bonchev–Trinajstić information content (AvgIpc) is 2.16. The monoisotopic (exact) mass is 192 g/mol. The Morgan fingerprint density at radius 2 is 2.21 bits per heavy atom. The Labute approximate surface area is 83.6 Å². The van der Waals surface area contributed by atoms with Crippen LogP contribution in [-0.4, -0.2) is 5.97 Å². The lowest BCUT2D eigenvalue weighted by Crippen LogP contribution is -2.23. The summed E-state index contributed by atoms with van der Waals surface area (Å²) in [5.74, 6) is -1.21. The predicted molar refractivity (Wildman–Crippen MR) is 53.8 cm³/mol. The zero-order chi connectivity index (χ0) is 10.6. The first-order chi connectivity index (χ1) is 6.66. The lowest BCUT2D eigenvalue weighted by Gasteiger charge is -2.10. The Balaban J connectivity index is 2.95. The van der Waals surface area contributed by atoms with Crippen molar-refractivity contribution in [2.75, 3.05) is 5.73 Å². The van der Waals surface area contributed by atoms with E-state index in [1.54, 1.807) is 6.07 Å². The number of carbonyl (C=O) groups is 1. The van der Waals surface area contributed by atoms with Crippen LogP contribution in [0, 0.1) is 0 Å². The van der Waals surface area contributed by atoms with Gasteiger partial charge in [-0.1, -0.05) is 31.5 Å². The molecule has 14 heavy (non-hydrogen) atoms. The second-order valence-electron chi connectivity index (χ2n) is 3.27. The van der Waals surface area contributed by atoms with Gasteiger partial charge in [0, 0.05) is 11.3 Å². The van der Waals surface area contributed by atoms with Gasteiger partial charge in [-0.15, -0.1) is 0 Å². The molecule has 2 N–H and O–H groups in total. The number of hydrogen-bond donors (Lipinski definition) is 1. The van der Waals surface area contributed by atoms with Crippen molar-refractivity contribution in [3.8, 4) is 0 Å². The number of hydrogen-bond acceptors (Lipinski definition) is 3. The van der Waals surface area contributed by atoms with Gasteiger partial charge in [-0.3, -0.25) is 0 Å². The fourth-order valence-electron chi connectivity index (χ4n) is 1.38. The van der Waals surface area contributed by atoms with Crippen molar-refractivity contribution in [3.05, 3.63) is 29.3 Å². The van der Waals surface area contributed by atoms with Crippen LogP contribution in [0.2, 0.25) is 0 Å². The number of unbranched alkanes of at least 4 members (excludes halogenated alkanes) is 1. The van der Waals surface area contributed by atoms with Gasteiger partial charge in [-0.2, -0.15) is 0 Å². The summed E-state index contributed by atoms with van der Waals surface area (Å²) in [6.45, 7) is 2.08. The van der Waals surface area contributed by atoms with E-state index < -0.39 is 5.97 Å². The quantitative estimate of drug-likeness (QED) is 0.723. The van der Waals surface area contributed by atoms with Gasteiger partial charge in [0.1, 0.15) is 0 Å². The minimum atomic E-state index is -1.21. The molecule has 0 aliphatic rings. The Morgan fingerprint density at radius 3 is 2.79 bits per heavy atom. The number of rotatable bonds is 4. The van der Waals surface area contributed by atoms with Gasteiger partial charge in [-0.05, 0) is 18.4 Å². The van der Waals surface area contributed by atoms with Crippen LogP contribution in [0.3, 0.4) is 0 Å². The zero-order valence-corrected chi connectivity index (χ0v) is 8.25. The molecule has 0 saturated carbocycles. The van der Waals surface area contributed by atoms with Gasteiger partial charge in [0.05, 0.1) is 5.97 Å². The number of para-hydroxylation sites is 1. The van der Waals surface area contributed by atoms with Crippen molar-refractivity contribution < 1.29 is 9.90 Å². The van der Waals surface area contributed by atoms with E-state index in [4.69, 9.17) is 5.73 Å². The van der Waals surface area contributed by atoms with Gasteiger partial charge in [0.25, 0.3) is 0 Å². The first-order valence-corrected chi connectivity index (χ1v) is 4.75. The minimum Gasteiger partial charge on any atom is -0.545 e. The van der Waals surface area contributed by atoms with Crippen molar-refractivity contribution in [1.29, 1.82) is 0 Å². The normalized spacial score (nSPS) is 10.1. The van der Waals surface area contributed by atoms with E-state index in [1.165, 1.54) is 6.07 Å². The van der Waals surface area contributed by atoms with Gasteiger partial charge in [0.2, 0.25) is 0 Å². The number of carboxylic acid groups (broad SMARTS) is 1. The van der Waals surface area contributed by atoms with Crippen LogP contribution in [0.1, 0.15) is 35.7 Å². The Bertz CT molecular complexity index is 334. The molecular weight excluding hydrogens is 178 g/mol. The topological polar surface area (TPSA) is 66.1 Å². The third-order valence-corrected chi connectivity index (χ3v) is 2.22. The van der Waals surface area contributed by atoms with Crippen molar-refractivity contribution >= 4 is 11.7 Å². The fourth-order valence-corrected chi connectivity index (χ4v) is 1.38. The summed E-state index contributed by atoms with van der Waals surface area (Å²) in [5.41, 5.74) is 7.05. The summed E-state index contributed by atoms with van der Waals surface area (Å²) in [4.78, 5) is 10.7. The molecule has 0 aromatic heterocycles. The van der Waals surface area contributed by atoms with E-state index in [-0.39, 0.29) is 5.56 Å². The van der Waals surface area contributed by atoms with Crippen LogP contribution in [0.25, 0.3) is 0 Å². The van der Waals surface area contributed by atoms with E-state index in [0.717, 1.165) is 24.8 Å². The highest BCUT2D eigenvalue weighted by Crippen LogP contribution is 2.18. The molecule has 1 rings (SSSR count). The molecule has 1 aromatic carbocycles. The molecule has 1 aromatic rings. The van der Waals surface area contributed by atoms with Gasteiger partial charge < -0.3 is 15.6 Å². The second kappa shape index (κ2) is 4.65. The zero-order valence-electron chi connectivity index (χ0n) is 8.25. The Kier molecular flexibility index (Phi) is 3.51. The standard InChI is InChI=1S/C11H15NO2/c1-2-3-5-8-6-4-7-9(10(8)12)11(13)14/h4,6-7H,2-3,5,12H2,1H3,(H,13,14)/p-1. The molecule has 0 spiro atoms. The van der Waals surface area contributed by atoms with Crippen molar-refractivity contribution in [1.82, 2.24) is 0 Å². The SMILES string of the molecule is CCCCc1cccc(C(=O)[O-])c1N. The highest BCUT2D eigenvalue weighted by Gasteiger charge is 2.04. The number of aryl methyl sites for hydroxylation is 1. The van der Waals surface area contributed by atoms with Crippen LogP contribution in [-0.2, 0) is 6.42 Å². The minimum absolute atomic E-state index is 0.0959. The van der Waals surface area contributed by atoms with Gasteiger partial charge in [0.15, 0.2) is 0 Å². The summed E-state index contributed by atoms with van der Waals surface area (Å²) in [7, 11) is 0. The van der Waals surface area contributed by atoms with Crippen LogP contribution >= 0.6 is 0 Å². The molecule has 0 unspecified atom stereocenters. The highest BCUT2D eigenvalue weighted by atomic mass is 16.4. The molecule has 76 valence electrons. The smallest absolute Gasteiger partial charge is 0.0736 e. The number of nitrogens with two attached hydrogens (primary N) is 1. The summed E-state index contributed by atoms with van der Waals surface area (Å²) in [5, 5.41) is 10.7.